The predicted molar refractivity (Wildman–Crippen MR) is 111 cm³/mol. The van der Waals surface area contributed by atoms with Crippen molar-refractivity contribution in [3.05, 3.63) is 77.6 Å². The first-order valence-corrected chi connectivity index (χ1v) is 9.78. The molecule has 2 aliphatic heterocycles. The smallest absolute Gasteiger partial charge is 0.258 e. The van der Waals surface area contributed by atoms with E-state index < -0.39 is 6.17 Å². The van der Waals surface area contributed by atoms with Gasteiger partial charge in [-0.15, -0.1) is 0 Å². The van der Waals surface area contributed by atoms with Crippen LogP contribution in [0.25, 0.3) is 0 Å². The van der Waals surface area contributed by atoms with Crippen LogP contribution in [-0.2, 0) is 6.54 Å². The molecular formula is C23H21N3O4. The van der Waals surface area contributed by atoms with Crippen LogP contribution < -0.4 is 19.5 Å². The van der Waals surface area contributed by atoms with Crippen LogP contribution in [0.4, 0.5) is 5.69 Å². The van der Waals surface area contributed by atoms with Crippen molar-refractivity contribution in [3.8, 4) is 17.2 Å². The van der Waals surface area contributed by atoms with E-state index in [4.69, 9.17) is 14.2 Å². The number of pyridine rings is 1. The number of methoxy groups -OCH3 is 1. The maximum Gasteiger partial charge on any atom is 0.258 e. The average Bonchev–Trinajstić information content (AvgIpc) is 3.05. The highest BCUT2D eigenvalue weighted by atomic mass is 16.6. The van der Waals surface area contributed by atoms with Crippen molar-refractivity contribution in [1.29, 1.82) is 0 Å². The molecule has 7 nitrogen and oxygen atoms in total. The van der Waals surface area contributed by atoms with Gasteiger partial charge in [0.05, 0.1) is 18.4 Å². The number of aromatic nitrogens is 1. The molecule has 0 bridgehead atoms. The molecule has 1 amide bonds. The van der Waals surface area contributed by atoms with Crippen molar-refractivity contribution >= 4 is 11.6 Å². The lowest BCUT2D eigenvalue weighted by Gasteiger charge is -2.27. The molecule has 30 heavy (non-hydrogen) atoms. The molecule has 7 heteroatoms. The van der Waals surface area contributed by atoms with Crippen molar-refractivity contribution in [3.63, 3.8) is 0 Å². The Morgan fingerprint density at radius 3 is 2.70 bits per heavy atom. The number of amides is 1. The van der Waals surface area contributed by atoms with E-state index in [0.29, 0.717) is 36.8 Å². The number of rotatable bonds is 5. The van der Waals surface area contributed by atoms with Gasteiger partial charge >= 0.3 is 0 Å². The predicted octanol–water partition coefficient (Wildman–Crippen LogP) is 3.63. The molecule has 0 saturated heterocycles. The van der Waals surface area contributed by atoms with Gasteiger partial charge in [0.2, 0.25) is 0 Å². The molecule has 152 valence electrons. The Labute approximate surface area is 174 Å². The van der Waals surface area contributed by atoms with Crippen LogP contribution in [0.2, 0.25) is 0 Å². The first kappa shape index (κ1) is 18.3. The van der Waals surface area contributed by atoms with Crippen molar-refractivity contribution in [2.45, 2.75) is 12.7 Å². The molecule has 2 aromatic carbocycles. The third-order valence-electron chi connectivity index (χ3n) is 5.26. The van der Waals surface area contributed by atoms with Crippen molar-refractivity contribution in [1.82, 2.24) is 9.88 Å². The van der Waals surface area contributed by atoms with Gasteiger partial charge < -0.3 is 24.4 Å². The monoisotopic (exact) mass is 403 g/mol. The van der Waals surface area contributed by atoms with Crippen LogP contribution in [0.3, 0.4) is 0 Å². The van der Waals surface area contributed by atoms with E-state index in [1.807, 2.05) is 48.5 Å². The highest BCUT2D eigenvalue weighted by Gasteiger charge is 2.38. The van der Waals surface area contributed by atoms with Gasteiger partial charge in [-0.3, -0.25) is 9.78 Å². The standard InChI is InChI=1S/C23H21N3O4/c1-28-17-7-4-15(5-8-17)14-26-22(21-18(23(26)27)3-2-10-24-21)25-16-6-9-19-20(13-16)30-12-11-29-19/h2-10,13,22,25H,11-12,14H2,1H3/t22-/m1/s1. The maximum absolute atomic E-state index is 13.1. The second-order valence-corrected chi connectivity index (χ2v) is 7.12. The van der Waals surface area contributed by atoms with Crippen LogP contribution >= 0.6 is 0 Å². The third-order valence-corrected chi connectivity index (χ3v) is 5.26. The summed E-state index contributed by atoms with van der Waals surface area (Å²) < 4.78 is 16.5. The molecule has 2 aliphatic rings. The summed E-state index contributed by atoms with van der Waals surface area (Å²) in [5.74, 6) is 2.15. The van der Waals surface area contributed by atoms with Gasteiger partial charge in [-0.1, -0.05) is 12.1 Å². The number of carbonyl (C=O) groups is 1. The molecular weight excluding hydrogens is 382 g/mol. The molecule has 0 fully saturated rings. The van der Waals surface area contributed by atoms with Gasteiger partial charge in [0.1, 0.15) is 25.1 Å². The summed E-state index contributed by atoms with van der Waals surface area (Å²) in [6.45, 7) is 1.51. The summed E-state index contributed by atoms with van der Waals surface area (Å²) in [5, 5.41) is 3.45. The zero-order valence-corrected chi connectivity index (χ0v) is 16.5. The fourth-order valence-electron chi connectivity index (χ4n) is 3.76. The lowest BCUT2D eigenvalue weighted by Crippen LogP contribution is -2.32. The van der Waals surface area contributed by atoms with Gasteiger partial charge in [0.25, 0.3) is 5.91 Å². The molecule has 1 N–H and O–H groups in total. The minimum absolute atomic E-state index is 0.0519. The number of fused-ring (bicyclic) bond motifs is 2. The molecule has 5 rings (SSSR count). The Bertz CT molecular complexity index is 1080. The summed E-state index contributed by atoms with van der Waals surface area (Å²) in [7, 11) is 1.63. The summed E-state index contributed by atoms with van der Waals surface area (Å²) in [5.41, 5.74) is 3.16. The van der Waals surface area contributed by atoms with Crippen molar-refractivity contribution < 1.29 is 19.0 Å². The number of carbonyl (C=O) groups excluding carboxylic acids is 1. The molecule has 1 atom stereocenters. The number of nitrogens with zero attached hydrogens (tertiary/aromatic N) is 2. The van der Waals surface area contributed by atoms with E-state index in [-0.39, 0.29) is 5.91 Å². The third kappa shape index (κ3) is 3.28. The van der Waals surface area contributed by atoms with Crippen LogP contribution in [0.15, 0.2) is 60.8 Å². The maximum atomic E-state index is 13.1. The number of hydrogen-bond acceptors (Lipinski definition) is 6. The zero-order valence-electron chi connectivity index (χ0n) is 16.5. The molecule has 1 aromatic heterocycles. The minimum Gasteiger partial charge on any atom is -0.497 e. The van der Waals surface area contributed by atoms with Crippen LogP contribution in [0.5, 0.6) is 17.2 Å². The van der Waals surface area contributed by atoms with Crippen LogP contribution in [0, 0.1) is 0 Å². The second-order valence-electron chi connectivity index (χ2n) is 7.12. The summed E-state index contributed by atoms with van der Waals surface area (Å²) >= 11 is 0. The molecule has 0 unspecified atom stereocenters. The molecule has 3 aromatic rings. The average molecular weight is 403 g/mol. The molecule has 0 aliphatic carbocycles. The highest BCUT2D eigenvalue weighted by molar-refractivity contribution is 5.98. The van der Waals surface area contributed by atoms with E-state index in [1.54, 1.807) is 24.3 Å². The van der Waals surface area contributed by atoms with Crippen LogP contribution in [0.1, 0.15) is 27.8 Å². The van der Waals surface area contributed by atoms with E-state index in [1.165, 1.54) is 0 Å². The number of hydrogen-bond donors (Lipinski definition) is 1. The van der Waals surface area contributed by atoms with Gasteiger partial charge in [-0.25, -0.2) is 0 Å². The molecule has 3 heterocycles. The summed E-state index contributed by atoms with van der Waals surface area (Å²) in [4.78, 5) is 19.4. The highest BCUT2D eigenvalue weighted by Crippen LogP contribution is 2.37. The number of ether oxygens (including phenoxy) is 3. The SMILES string of the molecule is COc1ccc(CN2C(=O)c3cccnc3[C@@H]2Nc2ccc3c(c2)OCCO3)cc1. The second kappa shape index (κ2) is 7.59. The van der Waals surface area contributed by atoms with E-state index in [9.17, 15) is 4.79 Å². The van der Waals surface area contributed by atoms with Gasteiger partial charge in [0, 0.05) is 24.5 Å². The largest absolute Gasteiger partial charge is 0.497 e. The van der Waals surface area contributed by atoms with Crippen LogP contribution in [-0.4, -0.2) is 36.1 Å². The Morgan fingerprint density at radius 1 is 1.10 bits per heavy atom. The quantitative estimate of drug-likeness (QED) is 0.701. The topological polar surface area (TPSA) is 72.9 Å². The zero-order chi connectivity index (χ0) is 20.5. The molecule has 0 spiro atoms. The fraction of sp³-hybridized carbons (Fsp3) is 0.217. The van der Waals surface area contributed by atoms with Gasteiger partial charge in [-0.05, 0) is 42.0 Å². The Morgan fingerprint density at radius 2 is 1.90 bits per heavy atom. The van der Waals surface area contributed by atoms with E-state index >= 15 is 0 Å². The Balaban J connectivity index is 1.45. The minimum atomic E-state index is -0.390. The first-order chi connectivity index (χ1) is 14.7. The Hall–Kier alpha value is -3.74. The van der Waals surface area contributed by atoms with Gasteiger partial charge in [-0.2, -0.15) is 0 Å². The lowest BCUT2D eigenvalue weighted by atomic mass is 10.2. The molecule has 0 radical (unpaired) electrons. The van der Waals surface area contributed by atoms with Crippen molar-refractivity contribution in [2.75, 3.05) is 25.6 Å². The lowest BCUT2D eigenvalue weighted by molar-refractivity contribution is 0.0727. The number of anilines is 1. The molecule has 0 saturated carbocycles. The first-order valence-electron chi connectivity index (χ1n) is 9.78. The number of benzene rings is 2. The number of nitrogens with one attached hydrogen (secondary N) is 1. The van der Waals surface area contributed by atoms with E-state index in [0.717, 1.165) is 22.7 Å². The normalized spacial score (nSPS) is 16.9. The summed E-state index contributed by atoms with van der Waals surface area (Å²) in [6, 6.07) is 17.0. The van der Waals surface area contributed by atoms with Crippen molar-refractivity contribution in [2.24, 2.45) is 0 Å². The fourth-order valence-corrected chi connectivity index (χ4v) is 3.76. The summed E-state index contributed by atoms with van der Waals surface area (Å²) in [6.07, 6.45) is 1.32. The van der Waals surface area contributed by atoms with E-state index in [2.05, 4.69) is 10.3 Å². The Kier molecular flexibility index (Phi) is 4.63. The van der Waals surface area contributed by atoms with Gasteiger partial charge in [0.15, 0.2) is 11.5 Å².